The third-order valence-corrected chi connectivity index (χ3v) is 4.92. The van der Waals surface area contributed by atoms with Crippen LogP contribution in [0, 0.1) is 0 Å². The molecule has 0 aliphatic carbocycles. The first-order valence-electron chi connectivity index (χ1n) is 7.74. The van der Waals surface area contributed by atoms with Crippen LogP contribution in [0.5, 0.6) is 0 Å². The van der Waals surface area contributed by atoms with E-state index in [-0.39, 0.29) is 6.61 Å². The van der Waals surface area contributed by atoms with E-state index < -0.39 is 24.5 Å². The quantitative estimate of drug-likeness (QED) is 0.503. The summed E-state index contributed by atoms with van der Waals surface area (Å²) in [6, 6.07) is 2.02. The normalized spacial score (nSPS) is 26.4. The van der Waals surface area contributed by atoms with Gasteiger partial charge in [-0.3, -0.25) is 4.57 Å². The molecule has 4 atom stereocenters. The van der Waals surface area contributed by atoms with Gasteiger partial charge in [0.25, 0.3) is 0 Å². The third kappa shape index (κ3) is 2.87. The van der Waals surface area contributed by atoms with Gasteiger partial charge in [-0.05, 0) is 22.4 Å². The summed E-state index contributed by atoms with van der Waals surface area (Å²) in [5, 5.41) is 36.6. The maximum Gasteiger partial charge on any atom is 0.167 e. The molecule has 0 spiro atoms. The van der Waals surface area contributed by atoms with Crippen LogP contribution in [0.15, 0.2) is 29.5 Å². The molecule has 4 N–H and O–H groups in total. The number of ether oxygens (including phenoxy) is 1. The molecule has 9 nitrogen and oxygen atoms in total. The molecule has 1 saturated heterocycles. The Labute approximate surface area is 146 Å². The monoisotopic (exact) mass is 363 g/mol. The van der Waals surface area contributed by atoms with Gasteiger partial charge in [0.2, 0.25) is 0 Å². The van der Waals surface area contributed by atoms with Crippen LogP contribution in [0.3, 0.4) is 0 Å². The summed E-state index contributed by atoms with van der Waals surface area (Å²) in [5.41, 5.74) is 2.15. The fourth-order valence-electron chi connectivity index (χ4n) is 2.86. The van der Waals surface area contributed by atoms with Crippen molar-refractivity contribution in [2.75, 3.05) is 11.9 Å². The lowest BCUT2D eigenvalue weighted by atomic mass is 10.1. The molecule has 0 saturated carbocycles. The molecule has 1 aliphatic heterocycles. The lowest BCUT2D eigenvalue weighted by Gasteiger charge is -2.16. The molecule has 0 bridgehead atoms. The van der Waals surface area contributed by atoms with Crippen molar-refractivity contribution >= 4 is 28.3 Å². The number of fused-ring (bicyclic) bond motifs is 1. The number of aromatic nitrogens is 4. The molecule has 132 valence electrons. The molecule has 0 unspecified atom stereocenters. The number of rotatable bonds is 5. The summed E-state index contributed by atoms with van der Waals surface area (Å²) in [6.07, 6.45) is -1.21. The second kappa shape index (κ2) is 6.65. The second-order valence-corrected chi connectivity index (χ2v) is 6.54. The van der Waals surface area contributed by atoms with Crippen molar-refractivity contribution in [2.24, 2.45) is 0 Å². The van der Waals surface area contributed by atoms with E-state index in [2.05, 4.69) is 20.3 Å². The fraction of sp³-hybridized carbons (Fsp3) is 0.400. The number of nitrogens with zero attached hydrogens (tertiary/aromatic N) is 4. The Balaban J connectivity index is 1.63. The fourth-order valence-corrected chi connectivity index (χ4v) is 3.52. The first-order valence-corrected chi connectivity index (χ1v) is 8.68. The molecule has 4 rings (SSSR count). The summed E-state index contributed by atoms with van der Waals surface area (Å²) in [6.45, 7) is 0.222. The molecular weight excluding hydrogens is 346 g/mol. The highest BCUT2D eigenvalue weighted by atomic mass is 32.1. The maximum atomic E-state index is 10.2. The minimum atomic E-state index is -1.19. The topological polar surface area (TPSA) is 126 Å². The SMILES string of the molecule is OC[C@H]1O[C@@H](n2cnc3c(NCc4ccsc4)ncnc32)[C@@H](O)[C@H]1O. The molecule has 0 radical (unpaired) electrons. The van der Waals surface area contributed by atoms with E-state index in [9.17, 15) is 15.3 Å². The zero-order chi connectivity index (χ0) is 17.4. The molecule has 0 aromatic carbocycles. The van der Waals surface area contributed by atoms with Crippen LogP contribution in [0.1, 0.15) is 11.8 Å². The van der Waals surface area contributed by atoms with Crippen LogP contribution in [0.2, 0.25) is 0 Å². The van der Waals surface area contributed by atoms with Gasteiger partial charge in [0.1, 0.15) is 24.6 Å². The Morgan fingerprint density at radius 3 is 2.84 bits per heavy atom. The van der Waals surface area contributed by atoms with Gasteiger partial charge in [-0.25, -0.2) is 15.0 Å². The number of aliphatic hydroxyl groups excluding tert-OH is 3. The summed E-state index contributed by atoms with van der Waals surface area (Å²) < 4.78 is 7.08. The van der Waals surface area contributed by atoms with Crippen LogP contribution in [-0.2, 0) is 11.3 Å². The number of hydrogen-bond donors (Lipinski definition) is 4. The lowest BCUT2D eigenvalue weighted by Crippen LogP contribution is -2.33. The summed E-state index contributed by atoms with van der Waals surface area (Å²) >= 11 is 1.62. The highest BCUT2D eigenvalue weighted by Gasteiger charge is 2.44. The average molecular weight is 363 g/mol. The van der Waals surface area contributed by atoms with Crippen LogP contribution < -0.4 is 5.32 Å². The number of anilines is 1. The van der Waals surface area contributed by atoms with Gasteiger partial charge in [-0.2, -0.15) is 11.3 Å². The van der Waals surface area contributed by atoms with E-state index in [1.807, 2.05) is 16.8 Å². The van der Waals surface area contributed by atoms with Crippen molar-refractivity contribution in [1.82, 2.24) is 19.5 Å². The van der Waals surface area contributed by atoms with Gasteiger partial charge in [0.15, 0.2) is 23.2 Å². The molecule has 4 heterocycles. The molecule has 3 aromatic heterocycles. The Morgan fingerprint density at radius 2 is 2.12 bits per heavy atom. The zero-order valence-electron chi connectivity index (χ0n) is 13.1. The van der Waals surface area contributed by atoms with Crippen molar-refractivity contribution < 1.29 is 20.1 Å². The molecule has 10 heteroatoms. The Bertz CT molecular complexity index is 855. The molecule has 0 amide bonds. The highest BCUT2D eigenvalue weighted by Crippen LogP contribution is 2.32. The number of thiophene rings is 1. The first-order chi connectivity index (χ1) is 12.2. The van der Waals surface area contributed by atoms with E-state index in [0.29, 0.717) is 23.5 Å². The molecule has 1 aliphatic rings. The van der Waals surface area contributed by atoms with Gasteiger partial charge in [0.05, 0.1) is 12.9 Å². The number of aliphatic hydroxyl groups is 3. The third-order valence-electron chi connectivity index (χ3n) is 4.19. The predicted octanol–water partition coefficient (Wildman–Crippen LogP) is 0.111. The van der Waals surface area contributed by atoms with Crippen LogP contribution in [0.4, 0.5) is 5.82 Å². The second-order valence-electron chi connectivity index (χ2n) is 5.76. The van der Waals surface area contributed by atoms with Crippen molar-refractivity contribution in [3.63, 3.8) is 0 Å². The van der Waals surface area contributed by atoms with E-state index in [1.165, 1.54) is 17.2 Å². The van der Waals surface area contributed by atoms with Crippen molar-refractivity contribution in [1.29, 1.82) is 0 Å². The van der Waals surface area contributed by atoms with Gasteiger partial charge in [-0.15, -0.1) is 0 Å². The first kappa shape index (κ1) is 16.4. The largest absolute Gasteiger partial charge is 0.394 e. The van der Waals surface area contributed by atoms with Crippen molar-refractivity contribution in [2.45, 2.75) is 31.1 Å². The molecular formula is C15H17N5O4S. The standard InChI is InChI=1S/C15H17N5O4S/c21-4-9-11(22)12(23)15(24-9)20-7-19-10-13(17-6-18-14(10)20)16-3-8-1-2-25-5-8/h1-2,5-7,9,11-12,15,21-23H,3-4H2,(H,16,17,18)/t9-,11+,12+,15-/m1/s1. The maximum absolute atomic E-state index is 10.2. The van der Waals surface area contributed by atoms with Crippen molar-refractivity contribution in [3.05, 3.63) is 35.0 Å². The Hall–Kier alpha value is -2.11. The molecule has 25 heavy (non-hydrogen) atoms. The number of hydrogen-bond acceptors (Lipinski definition) is 9. The summed E-state index contributed by atoms with van der Waals surface area (Å²) in [7, 11) is 0. The van der Waals surface area contributed by atoms with E-state index in [0.717, 1.165) is 5.56 Å². The predicted molar refractivity (Wildman–Crippen MR) is 90.0 cm³/mol. The van der Waals surface area contributed by atoms with Crippen LogP contribution >= 0.6 is 11.3 Å². The number of imidazole rings is 1. The van der Waals surface area contributed by atoms with Crippen molar-refractivity contribution in [3.8, 4) is 0 Å². The van der Waals surface area contributed by atoms with Gasteiger partial charge in [-0.1, -0.05) is 0 Å². The number of nitrogens with one attached hydrogen (secondary N) is 1. The van der Waals surface area contributed by atoms with E-state index >= 15 is 0 Å². The molecule has 1 fully saturated rings. The lowest BCUT2D eigenvalue weighted by molar-refractivity contribution is -0.0511. The van der Waals surface area contributed by atoms with E-state index in [1.54, 1.807) is 11.3 Å². The molecule has 3 aromatic rings. The Kier molecular flexibility index (Phi) is 4.36. The van der Waals surface area contributed by atoms with Crippen LogP contribution in [0.25, 0.3) is 11.2 Å². The van der Waals surface area contributed by atoms with Gasteiger partial charge < -0.3 is 25.4 Å². The minimum Gasteiger partial charge on any atom is -0.394 e. The smallest absolute Gasteiger partial charge is 0.167 e. The van der Waals surface area contributed by atoms with Gasteiger partial charge in [0, 0.05) is 6.54 Å². The van der Waals surface area contributed by atoms with E-state index in [4.69, 9.17) is 4.74 Å². The Morgan fingerprint density at radius 1 is 1.24 bits per heavy atom. The minimum absolute atomic E-state index is 0.385. The highest BCUT2D eigenvalue weighted by molar-refractivity contribution is 7.07. The summed E-state index contributed by atoms with van der Waals surface area (Å²) in [5.74, 6) is 0.571. The van der Waals surface area contributed by atoms with Gasteiger partial charge >= 0.3 is 0 Å². The van der Waals surface area contributed by atoms with Crippen LogP contribution in [-0.4, -0.2) is 59.8 Å². The summed E-state index contributed by atoms with van der Waals surface area (Å²) in [4.78, 5) is 12.8. The zero-order valence-corrected chi connectivity index (χ0v) is 13.9. The average Bonchev–Trinajstić information content (AvgIpc) is 3.34.